The number of benzene rings is 1. The largest absolute Gasteiger partial charge is 0.340 e. The van der Waals surface area contributed by atoms with E-state index < -0.39 is 0 Å². The molecule has 3 rings (SSSR count). The third-order valence-corrected chi connectivity index (χ3v) is 4.59. The van der Waals surface area contributed by atoms with E-state index >= 15 is 0 Å². The highest BCUT2D eigenvalue weighted by atomic mass is 79.9. The number of halogens is 1. The maximum atomic E-state index is 9.42. The molecule has 2 nitrogen and oxygen atoms in total. The van der Waals surface area contributed by atoms with E-state index in [0.29, 0.717) is 12.0 Å². The molecule has 0 fully saturated rings. The Balaban J connectivity index is 2.35. The van der Waals surface area contributed by atoms with Crippen molar-refractivity contribution in [2.24, 2.45) is 5.92 Å². The summed E-state index contributed by atoms with van der Waals surface area (Å²) in [5.74, 6) is 0.602. The molecule has 0 N–H and O–H groups in total. The molecule has 1 aliphatic heterocycles. The van der Waals surface area contributed by atoms with Crippen LogP contribution in [0.5, 0.6) is 0 Å². The Bertz CT molecular complexity index is 676. The highest BCUT2D eigenvalue weighted by Gasteiger charge is 2.25. The zero-order valence-electron chi connectivity index (χ0n) is 11.3. The molecule has 0 saturated carbocycles. The second kappa shape index (κ2) is 4.68. The van der Waals surface area contributed by atoms with Crippen LogP contribution in [0.15, 0.2) is 22.7 Å². The Morgan fingerprint density at radius 2 is 2.16 bits per heavy atom. The SMILES string of the molecule is CC(C)C1CCCc2cc3cc(Br)cc(C#N)c3n21. The van der Waals surface area contributed by atoms with Crippen LogP contribution in [-0.2, 0) is 6.42 Å². The number of hydrogen-bond acceptors (Lipinski definition) is 1. The molecular weight excluding hydrogens is 300 g/mol. The quantitative estimate of drug-likeness (QED) is 0.742. The number of hydrogen-bond donors (Lipinski definition) is 0. The van der Waals surface area contributed by atoms with Crippen molar-refractivity contribution in [1.29, 1.82) is 5.26 Å². The van der Waals surface area contributed by atoms with Gasteiger partial charge in [-0.3, -0.25) is 0 Å². The Morgan fingerprint density at radius 3 is 2.84 bits per heavy atom. The van der Waals surface area contributed by atoms with Crippen molar-refractivity contribution in [3.8, 4) is 6.07 Å². The van der Waals surface area contributed by atoms with E-state index in [1.807, 2.05) is 6.07 Å². The first-order chi connectivity index (χ1) is 9.11. The van der Waals surface area contributed by atoms with Crippen molar-refractivity contribution in [3.63, 3.8) is 0 Å². The predicted octanol–water partition coefficient (Wildman–Crippen LogP) is 4.81. The Morgan fingerprint density at radius 1 is 1.37 bits per heavy atom. The third kappa shape index (κ3) is 1.99. The minimum Gasteiger partial charge on any atom is -0.340 e. The molecule has 19 heavy (non-hydrogen) atoms. The zero-order valence-corrected chi connectivity index (χ0v) is 12.9. The molecule has 3 heteroatoms. The summed E-state index contributed by atoms with van der Waals surface area (Å²) in [6, 6.07) is 9.19. The van der Waals surface area contributed by atoms with Gasteiger partial charge in [0.1, 0.15) is 6.07 Å². The Labute approximate surface area is 122 Å². The van der Waals surface area contributed by atoms with Gasteiger partial charge < -0.3 is 4.57 Å². The summed E-state index contributed by atoms with van der Waals surface area (Å²) in [7, 11) is 0. The van der Waals surface area contributed by atoms with Gasteiger partial charge in [0.15, 0.2) is 0 Å². The summed E-state index contributed by atoms with van der Waals surface area (Å²) in [5, 5.41) is 10.6. The average molecular weight is 317 g/mol. The van der Waals surface area contributed by atoms with Gasteiger partial charge in [0, 0.05) is 21.6 Å². The smallest absolute Gasteiger partial charge is 0.101 e. The molecular formula is C16H17BrN2. The van der Waals surface area contributed by atoms with Crippen molar-refractivity contribution in [3.05, 3.63) is 33.9 Å². The summed E-state index contributed by atoms with van der Waals surface area (Å²) < 4.78 is 3.41. The van der Waals surface area contributed by atoms with Gasteiger partial charge in [-0.1, -0.05) is 29.8 Å². The number of nitrogens with zero attached hydrogens (tertiary/aromatic N) is 2. The number of rotatable bonds is 1. The number of nitriles is 1. The molecule has 1 aromatic carbocycles. The first kappa shape index (κ1) is 12.7. The van der Waals surface area contributed by atoms with Crippen LogP contribution in [0.2, 0.25) is 0 Å². The fraction of sp³-hybridized carbons (Fsp3) is 0.438. The summed E-state index contributed by atoms with van der Waals surface area (Å²) in [4.78, 5) is 0. The first-order valence-corrected chi connectivity index (χ1v) is 7.64. The third-order valence-electron chi connectivity index (χ3n) is 4.13. The van der Waals surface area contributed by atoms with Crippen molar-refractivity contribution in [2.45, 2.75) is 39.2 Å². The van der Waals surface area contributed by atoms with E-state index in [0.717, 1.165) is 22.0 Å². The Hall–Kier alpha value is -1.27. The fourth-order valence-electron chi connectivity index (χ4n) is 3.30. The van der Waals surface area contributed by atoms with Crippen LogP contribution in [0.4, 0.5) is 0 Å². The van der Waals surface area contributed by atoms with Crippen molar-refractivity contribution >= 4 is 26.8 Å². The maximum Gasteiger partial charge on any atom is 0.101 e. The minimum atomic E-state index is 0.523. The van der Waals surface area contributed by atoms with Gasteiger partial charge >= 0.3 is 0 Å². The lowest BCUT2D eigenvalue weighted by molar-refractivity contribution is 0.321. The van der Waals surface area contributed by atoms with Gasteiger partial charge in [0.25, 0.3) is 0 Å². The molecule has 1 unspecified atom stereocenters. The zero-order chi connectivity index (χ0) is 13.6. The Kier molecular flexibility index (Phi) is 3.14. The summed E-state index contributed by atoms with van der Waals surface area (Å²) in [5.41, 5.74) is 3.29. The molecule has 0 bridgehead atoms. The van der Waals surface area contributed by atoms with Gasteiger partial charge in [0.05, 0.1) is 11.1 Å². The van der Waals surface area contributed by atoms with Crippen molar-refractivity contribution < 1.29 is 0 Å². The van der Waals surface area contributed by atoms with Gasteiger partial charge in [-0.05, 0) is 43.4 Å². The van der Waals surface area contributed by atoms with Gasteiger partial charge in [0.2, 0.25) is 0 Å². The molecule has 0 amide bonds. The fourth-order valence-corrected chi connectivity index (χ4v) is 3.78. The lowest BCUT2D eigenvalue weighted by Crippen LogP contribution is -2.21. The van der Waals surface area contributed by atoms with Crippen molar-refractivity contribution in [2.75, 3.05) is 0 Å². The molecule has 2 heterocycles. The van der Waals surface area contributed by atoms with Crippen LogP contribution < -0.4 is 0 Å². The van der Waals surface area contributed by atoms with Gasteiger partial charge in [-0.15, -0.1) is 0 Å². The van der Waals surface area contributed by atoms with E-state index in [4.69, 9.17) is 0 Å². The van der Waals surface area contributed by atoms with Gasteiger partial charge in [-0.25, -0.2) is 0 Å². The normalized spacial score (nSPS) is 18.6. The predicted molar refractivity (Wildman–Crippen MR) is 81.2 cm³/mol. The number of aryl methyl sites for hydroxylation is 1. The summed E-state index contributed by atoms with van der Waals surface area (Å²) in [6.07, 6.45) is 3.60. The molecule has 0 saturated heterocycles. The molecule has 2 aromatic rings. The molecule has 0 spiro atoms. The molecule has 1 aliphatic rings. The monoisotopic (exact) mass is 316 g/mol. The van der Waals surface area contributed by atoms with E-state index in [2.05, 4.69) is 52.5 Å². The van der Waals surface area contributed by atoms with Gasteiger partial charge in [-0.2, -0.15) is 5.26 Å². The topological polar surface area (TPSA) is 28.7 Å². The lowest BCUT2D eigenvalue weighted by atomic mass is 9.94. The molecule has 0 aliphatic carbocycles. The van der Waals surface area contributed by atoms with Crippen LogP contribution in [0, 0.1) is 17.2 Å². The molecule has 0 radical (unpaired) electrons. The molecule has 1 aromatic heterocycles. The van der Waals surface area contributed by atoms with E-state index in [-0.39, 0.29) is 0 Å². The van der Waals surface area contributed by atoms with Crippen LogP contribution in [0.25, 0.3) is 10.9 Å². The van der Waals surface area contributed by atoms with E-state index in [1.165, 1.54) is 23.9 Å². The average Bonchev–Trinajstić information content (AvgIpc) is 2.74. The second-order valence-corrected chi connectivity index (χ2v) is 6.63. The highest BCUT2D eigenvalue weighted by Crippen LogP contribution is 2.38. The lowest BCUT2D eigenvalue weighted by Gasteiger charge is -2.30. The van der Waals surface area contributed by atoms with E-state index in [9.17, 15) is 5.26 Å². The van der Waals surface area contributed by atoms with E-state index in [1.54, 1.807) is 0 Å². The van der Waals surface area contributed by atoms with Crippen LogP contribution >= 0.6 is 15.9 Å². The maximum absolute atomic E-state index is 9.42. The highest BCUT2D eigenvalue weighted by molar-refractivity contribution is 9.10. The summed E-state index contributed by atoms with van der Waals surface area (Å²) >= 11 is 3.50. The number of aromatic nitrogens is 1. The standard InChI is InChI=1S/C16H17BrN2/c1-10(2)15-5-3-4-14-8-11-6-13(17)7-12(9-18)16(11)19(14)15/h6-8,10,15H,3-5H2,1-2H3. The summed E-state index contributed by atoms with van der Waals surface area (Å²) in [6.45, 7) is 4.55. The van der Waals surface area contributed by atoms with Crippen LogP contribution in [-0.4, -0.2) is 4.57 Å². The molecule has 1 atom stereocenters. The second-order valence-electron chi connectivity index (χ2n) is 5.71. The number of fused-ring (bicyclic) bond motifs is 3. The molecule has 98 valence electrons. The van der Waals surface area contributed by atoms with Crippen LogP contribution in [0.1, 0.15) is 44.0 Å². The minimum absolute atomic E-state index is 0.523. The van der Waals surface area contributed by atoms with Crippen molar-refractivity contribution in [1.82, 2.24) is 4.57 Å². The van der Waals surface area contributed by atoms with Crippen LogP contribution in [0.3, 0.4) is 0 Å². The first-order valence-electron chi connectivity index (χ1n) is 6.85.